The first-order valence-corrected chi connectivity index (χ1v) is 9.60. The first-order chi connectivity index (χ1) is 11.6. The van der Waals surface area contributed by atoms with Gasteiger partial charge in [-0.1, -0.05) is 11.6 Å². The second kappa shape index (κ2) is 5.56. The van der Waals surface area contributed by atoms with Crippen LogP contribution in [0.25, 0.3) is 5.65 Å². The molecule has 0 spiro atoms. The van der Waals surface area contributed by atoms with Gasteiger partial charge in [0.05, 0.1) is 6.26 Å². The Morgan fingerprint density at radius 2 is 2.04 bits per heavy atom. The van der Waals surface area contributed by atoms with Crippen molar-refractivity contribution in [2.24, 2.45) is 0 Å². The zero-order valence-electron chi connectivity index (χ0n) is 13.5. The number of ether oxygens (including phenoxy) is 3. The summed E-state index contributed by atoms with van der Waals surface area (Å²) in [7, 11) is -3.79. The lowest BCUT2D eigenvalue weighted by Gasteiger charge is -2.24. The van der Waals surface area contributed by atoms with Gasteiger partial charge in [0.25, 0.3) is 10.1 Å². The fourth-order valence-corrected chi connectivity index (χ4v) is 3.71. The Hall–Kier alpha value is -1.37. The minimum Gasteiger partial charge on any atom is -0.339 e. The summed E-state index contributed by atoms with van der Waals surface area (Å²) in [6, 6.07) is 3.20. The van der Waals surface area contributed by atoms with Gasteiger partial charge in [-0.25, -0.2) is 0 Å². The Labute approximate surface area is 148 Å². The molecule has 2 aromatic rings. The van der Waals surface area contributed by atoms with Crippen LogP contribution in [0, 0.1) is 0 Å². The average molecular weight is 391 g/mol. The fourth-order valence-electron chi connectivity index (χ4n) is 2.95. The highest BCUT2D eigenvalue weighted by molar-refractivity contribution is 7.86. The van der Waals surface area contributed by atoms with Gasteiger partial charge in [0.2, 0.25) is 0 Å². The standard InChI is InChI=1S/C13H15ClN4O6S/c1-13(2)22-10-8(24-25(3,19)20)9(21-12(10)23-13)11-16-15-7-5-4-6(14)17-18(7)11/h4-5,8-10,12H,1-3H3/t8-,9-,10+,12-/m0/s1. The minimum atomic E-state index is -3.79. The molecule has 2 fully saturated rings. The molecule has 0 unspecified atom stereocenters. The lowest BCUT2D eigenvalue weighted by molar-refractivity contribution is -0.215. The number of fused-ring (bicyclic) bond motifs is 2. The van der Waals surface area contributed by atoms with E-state index in [4.69, 9.17) is 30.0 Å². The molecule has 0 N–H and O–H groups in total. The van der Waals surface area contributed by atoms with E-state index in [0.29, 0.717) is 5.65 Å². The molecular weight excluding hydrogens is 376 g/mol. The molecule has 2 saturated heterocycles. The van der Waals surface area contributed by atoms with E-state index in [9.17, 15) is 8.42 Å². The largest absolute Gasteiger partial charge is 0.339 e. The second-order valence-electron chi connectivity index (χ2n) is 6.27. The van der Waals surface area contributed by atoms with E-state index in [2.05, 4.69) is 15.3 Å². The van der Waals surface area contributed by atoms with E-state index in [0.717, 1.165) is 6.26 Å². The van der Waals surface area contributed by atoms with Crippen LogP contribution in [-0.4, -0.2) is 58.8 Å². The summed E-state index contributed by atoms with van der Waals surface area (Å²) >= 11 is 5.93. The van der Waals surface area contributed by atoms with Crippen LogP contribution in [-0.2, 0) is 28.5 Å². The first kappa shape index (κ1) is 17.1. The molecule has 2 aromatic heterocycles. The maximum Gasteiger partial charge on any atom is 0.264 e. The van der Waals surface area contributed by atoms with Crippen LogP contribution in [0.4, 0.5) is 0 Å². The highest BCUT2D eigenvalue weighted by atomic mass is 35.5. The molecule has 136 valence electrons. The van der Waals surface area contributed by atoms with Crippen molar-refractivity contribution in [1.82, 2.24) is 19.8 Å². The van der Waals surface area contributed by atoms with E-state index < -0.39 is 40.5 Å². The molecule has 0 aromatic carbocycles. The van der Waals surface area contributed by atoms with Crippen molar-refractivity contribution in [2.75, 3.05) is 6.26 Å². The monoisotopic (exact) mass is 390 g/mol. The van der Waals surface area contributed by atoms with Crippen LogP contribution in [0.15, 0.2) is 12.1 Å². The number of hydrogen-bond donors (Lipinski definition) is 0. The van der Waals surface area contributed by atoms with Gasteiger partial charge in [-0.15, -0.1) is 10.2 Å². The Kier molecular flexibility index (Phi) is 3.80. The molecule has 4 atom stereocenters. The van der Waals surface area contributed by atoms with Crippen LogP contribution < -0.4 is 0 Å². The number of halogens is 1. The molecule has 2 aliphatic rings. The van der Waals surface area contributed by atoms with E-state index in [1.54, 1.807) is 26.0 Å². The van der Waals surface area contributed by atoms with Crippen molar-refractivity contribution in [1.29, 1.82) is 0 Å². The Morgan fingerprint density at radius 3 is 2.76 bits per heavy atom. The van der Waals surface area contributed by atoms with Crippen LogP contribution in [0.3, 0.4) is 0 Å². The summed E-state index contributed by atoms with van der Waals surface area (Å²) in [5.41, 5.74) is 0.431. The van der Waals surface area contributed by atoms with Crippen LogP contribution in [0.5, 0.6) is 0 Å². The Morgan fingerprint density at radius 1 is 1.28 bits per heavy atom. The molecule has 12 heteroatoms. The van der Waals surface area contributed by atoms with E-state index >= 15 is 0 Å². The number of nitrogens with zero attached hydrogens (tertiary/aromatic N) is 4. The smallest absolute Gasteiger partial charge is 0.264 e. The average Bonchev–Trinajstić information content (AvgIpc) is 3.09. The third kappa shape index (κ3) is 3.11. The summed E-state index contributed by atoms with van der Waals surface area (Å²) in [5.74, 6) is -0.681. The topological polar surface area (TPSA) is 114 Å². The fraction of sp³-hybridized carbons (Fsp3) is 0.615. The summed E-state index contributed by atoms with van der Waals surface area (Å²) in [4.78, 5) is 0. The molecule has 4 heterocycles. The summed E-state index contributed by atoms with van der Waals surface area (Å²) < 4.78 is 47.3. The number of hydrogen-bond acceptors (Lipinski definition) is 9. The van der Waals surface area contributed by atoms with Crippen LogP contribution in [0.2, 0.25) is 5.15 Å². The van der Waals surface area contributed by atoms with Gasteiger partial charge < -0.3 is 14.2 Å². The zero-order chi connectivity index (χ0) is 18.0. The second-order valence-corrected chi connectivity index (χ2v) is 8.26. The molecule has 0 saturated carbocycles. The van der Waals surface area contributed by atoms with E-state index in [1.165, 1.54) is 4.52 Å². The number of aromatic nitrogens is 4. The van der Waals surface area contributed by atoms with Gasteiger partial charge in [0.1, 0.15) is 17.4 Å². The maximum atomic E-state index is 11.7. The van der Waals surface area contributed by atoms with Crippen molar-refractivity contribution in [3.05, 3.63) is 23.1 Å². The first-order valence-electron chi connectivity index (χ1n) is 7.40. The Bertz CT molecular complexity index is 932. The molecule has 4 rings (SSSR count). The summed E-state index contributed by atoms with van der Waals surface area (Å²) in [6.07, 6.45) is -2.52. The third-order valence-corrected chi connectivity index (χ3v) is 4.56. The highest BCUT2D eigenvalue weighted by Gasteiger charge is 2.58. The van der Waals surface area contributed by atoms with Gasteiger partial charge in [0.15, 0.2) is 29.7 Å². The Balaban J connectivity index is 1.76. The summed E-state index contributed by atoms with van der Waals surface area (Å²) in [5, 5.41) is 12.4. The predicted molar refractivity (Wildman–Crippen MR) is 83.2 cm³/mol. The third-order valence-electron chi connectivity index (χ3n) is 3.79. The number of rotatable bonds is 3. The van der Waals surface area contributed by atoms with Crippen molar-refractivity contribution >= 4 is 27.4 Å². The molecule has 0 amide bonds. The van der Waals surface area contributed by atoms with Gasteiger partial charge in [-0.2, -0.15) is 18.0 Å². The summed E-state index contributed by atoms with van der Waals surface area (Å²) in [6.45, 7) is 3.41. The molecule has 10 nitrogen and oxygen atoms in total. The lowest BCUT2D eigenvalue weighted by Crippen LogP contribution is -2.35. The van der Waals surface area contributed by atoms with Crippen molar-refractivity contribution in [3.8, 4) is 0 Å². The predicted octanol–water partition coefficient (Wildman–Crippen LogP) is 0.671. The van der Waals surface area contributed by atoms with Gasteiger partial charge >= 0.3 is 0 Å². The molecule has 2 aliphatic heterocycles. The van der Waals surface area contributed by atoms with Crippen LogP contribution in [0.1, 0.15) is 25.8 Å². The van der Waals surface area contributed by atoms with Crippen LogP contribution >= 0.6 is 11.6 Å². The van der Waals surface area contributed by atoms with Gasteiger partial charge in [-0.3, -0.25) is 4.18 Å². The quantitative estimate of drug-likeness (QED) is 0.697. The van der Waals surface area contributed by atoms with Gasteiger partial charge in [0, 0.05) is 0 Å². The minimum absolute atomic E-state index is 0.223. The zero-order valence-corrected chi connectivity index (χ0v) is 15.1. The van der Waals surface area contributed by atoms with E-state index in [1.807, 2.05) is 0 Å². The SMILES string of the molecule is CC1(C)O[C@@H]2O[C@H](c3nnc4ccc(Cl)nn34)[C@H](OS(C)(=O)=O)[C@H]2O1. The van der Waals surface area contributed by atoms with Crippen molar-refractivity contribution in [3.63, 3.8) is 0 Å². The molecule has 25 heavy (non-hydrogen) atoms. The van der Waals surface area contributed by atoms with Crippen molar-refractivity contribution in [2.45, 2.75) is 44.2 Å². The molecule has 0 aliphatic carbocycles. The molecule has 0 radical (unpaired) electrons. The van der Waals surface area contributed by atoms with Crippen molar-refractivity contribution < 1.29 is 26.8 Å². The van der Waals surface area contributed by atoms with E-state index in [-0.39, 0.29) is 11.0 Å². The molecular formula is C13H15ClN4O6S. The molecule has 0 bridgehead atoms. The normalized spacial score (nSPS) is 31.5. The highest BCUT2D eigenvalue weighted by Crippen LogP contribution is 2.44. The maximum absolute atomic E-state index is 11.7. The van der Waals surface area contributed by atoms with Gasteiger partial charge in [-0.05, 0) is 26.0 Å². The lowest BCUT2D eigenvalue weighted by atomic mass is 10.1.